The lowest BCUT2D eigenvalue weighted by atomic mass is 9.96. The normalized spacial score (nSPS) is 15.0. The van der Waals surface area contributed by atoms with Crippen LogP contribution in [0.2, 0.25) is 0 Å². The molecule has 31 heavy (non-hydrogen) atoms. The van der Waals surface area contributed by atoms with Gasteiger partial charge < -0.3 is 16.4 Å². The van der Waals surface area contributed by atoms with Gasteiger partial charge in [0.2, 0.25) is 17.7 Å². The average Bonchev–Trinajstić information content (AvgIpc) is 2.73. The maximum atomic E-state index is 12.3. The summed E-state index contributed by atoms with van der Waals surface area (Å²) in [5, 5.41) is 5.59. The van der Waals surface area contributed by atoms with Gasteiger partial charge in [-0.15, -0.1) is 0 Å². The highest BCUT2D eigenvalue weighted by atomic mass is 16.2. The number of nitrogens with two attached hydrogens (primary N) is 1. The van der Waals surface area contributed by atoms with Crippen molar-refractivity contribution in [1.29, 1.82) is 0 Å². The van der Waals surface area contributed by atoms with E-state index in [0.29, 0.717) is 5.69 Å². The molecule has 1 aliphatic rings. The van der Waals surface area contributed by atoms with Gasteiger partial charge in [-0.1, -0.05) is 24.3 Å². The Hall–Kier alpha value is -3.45. The van der Waals surface area contributed by atoms with Gasteiger partial charge in [0.1, 0.15) is 0 Å². The SMILES string of the molecule is CC(=O)Nc1ccc(/C=C/C(=O)Nc2cccc(CN3CCC(C(N)=O)CC3)c2)cc1. The van der Waals surface area contributed by atoms with Crippen LogP contribution >= 0.6 is 0 Å². The minimum absolute atomic E-state index is 0.0183. The molecule has 0 aliphatic carbocycles. The van der Waals surface area contributed by atoms with Crippen LogP contribution < -0.4 is 16.4 Å². The molecule has 1 aliphatic heterocycles. The maximum absolute atomic E-state index is 12.3. The largest absolute Gasteiger partial charge is 0.369 e. The van der Waals surface area contributed by atoms with Crippen LogP contribution in [-0.2, 0) is 20.9 Å². The lowest BCUT2D eigenvalue weighted by molar-refractivity contribution is -0.123. The zero-order chi connectivity index (χ0) is 22.2. The van der Waals surface area contributed by atoms with Gasteiger partial charge in [0.05, 0.1) is 0 Å². The fourth-order valence-electron chi connectivity index (χ4n) is 3.62. The van der Waals surface area contributed by atoms with Crippen LogP contribution in [0.5, 0.6) is 0 Å². The zero-order valence-electron chi connectivity index (χ0n) is 17.6. The Bertz CT molecular complexity index is 961. The highest BCUT2D eigenvalue weighted by Crippen LogP contribution is 2.20. The van der Waals surface area contributed by atoms with Crippen molar-refractivity contribution in [3.05, 3.63) is 65.7 Å². The van der Waals surface area contributed by atoms with Crippen molar-refractivity contribution in [3.63, 3.8) is 0 Å². The van der Waals surface area contributed by atoms with Gasteiger partial charge in [0.15, 0.2) is 0 Å². The van der Waals surface area contributed by atoms with Crippen molar-refractivity contribution in [2.24, 2.45) is 11.7 Å². The molecule has 1 heterocycles. The first-order chi connectivity index (χ1) is 14.9. The first-order valence-corrected chi connectivity index (χ1v) is 10.4. The molecule has 0 saturated carbocycles. The van der Waals surface area contributed by atoms with Gasteiger partial charge in [0, 0.05) is 36.8 Å². The van der Waals surface area contributed by atoms with Crippen molar-refractivity contribution in [2.75, 3.05) is 23.7 Å². The quantitative estimate of drug-likeness (QED) is 0.599. The summed E-state index contributed by atoms with van der Waals surface area (Å²) in [4.78, 5) is 37.0. The van der Waals surface area contributed by atoms with Crippen molar-refractivity contribution < 1.29 is 14.4 Å². The van der Waals surface area contributed by atoms with Crippen LogP contribution in [0.15, 0.2) is 54.6 Å². The minimum Gasteiger partial charge on any atom is -0.369 e. The molecule has 1 fully saturated rings. The third-order valence-electron chi connectivity index (χ3n) is 5.25. The highest BCUT2D eigenvalue weighted by Gasteiger charge is 2.22. The summed E-state index contributed by atoms with van der Waals surface area (Å²) in [6.07, 6.45) is 4.79. The molecule has 7 heteroatoms. The average molecular weight is 421 g/mol. The Balaban J connectivity index is 1.52. The predicted octanol–water partition coefficient (Wildman–Crippen LogP) is 2.99. The minimum atomic E-state index is -0.217. The van der Waals surface area contributed by atoms with Crippen LogP contribution in [0.4, 0.5) is 11.4 Å². The molecule has 4 N–H and O–H groups in total. The third kappa shape index (κ3) is 7.08. The Morgan fingerprint density at radius 3 is 2.39 bits per heavy atom. The summed E-state index contributed by atoms with van der Waals surface area (Å²) in [5.41, 5.74) is 8.81. The molecular formula is C24H28N4O3. The van der Waals surface area contributed by atoms with Crippen LogP contribution in [0.3, 0.4) is 0 Å². The number of likely N-dealkylation sites (tertiary alicyclic amines) is 1. The topological polar surface area (TPSA) is 105 Å². The summed E-state index contributed by atoms with van der Waals surface area (Å²) in [6, 6.07) is 15.0. The Labute approximate surface area is 182 Å². The summed E-state index contributed by atoms with van der Waals surface area (Å²) in [6.45, 7) is 3.91. The van der Waals surface area contributed by atoms with E-state index < -0.39 is 0 Å². The molecule has 0 radical (unpaired) electrons. The van der Waals surface area contributed by atoms with Crippen molar-refractivity contribution in [3.8, 4) is 0 Å². The lowest BCUT2D eigenvalue weighted by Gasteiger charge is -2.30. The van der Waals surface area contributed by atoms with E-state index in [2.05, 4.69) is 15.5 Å². The standard InChI is InChI=1S/C24H28N4O3/c1-17(29)26-21-8-5-18(6-9-21)7-10-23(30)27-22-4-2-3-19(15-22)16-28-13-11-20(12-14-28)24(25)31/h2-10,15,20H,11-14,16H2,1H3,(H2,25,31)(H,26,29)(H,27,30)/b10-7+. The van der Waals surface area contributed by atoms with E-state index in [9.17, 15) is 14.4 Å². The molecule has 3 amide bonds. The number of amides is 3. The predicted molar refractivity (Wildman–Crippen MR) is 122 cm³/mol. The number of anilines is 2. The second kappa shape index (κ2) is 10.5. The summed E-state index contributed by atoms with van der Waals surface area (Å²) < 4.78 is 0. The molecule has 2 aromatic rings. The van der Waals surface area contributed by atoms with E-state index in [1.54, 1.807) is 18.2 Å². The number of hydrogen-bond acceptors (Lipinski definition) is 4. The molecule has 2 aromatic carbocycles. The summed E-state index contributed by atoms with van der Waals surface area (Å²) >= 11 is 0. The van der Waals surface area contributed by atoms with E-state index in [0.717, 1.165) is 49.3 Å². The number of rotatable bonds is 7. The number of primary amides is 1. The van der Waals surface area contributed by atoms with Crippen LogP contribution in [0.1, 0.15) is 30.9 Å². The number of benzene rings is 2. The van der Waals surface area contributed by atoms with Crippen LogP contribution in [0.25, 0.3) is 6.08 Å². The molecule has 7 nitrogen and oxygen atoms in total. The molecule has 0 aromatic heterocycles. The van der Waals surface area contributed by atoms with E-state index in [4.69, 9.17) is 5.73 Å². The lowest BCUT2D eigenvalue weighted by Crippen LogP contribution is -2.38. The monoisotopic (exact) mass is 420 g/mol. The molecular weight excluding hydrogens is 392 g/mol. The molecule has 0 atom stereocenters. The number of hydrogen-bond donors (Lipinski definition) is 3. The van der Waals surface area contributed by atoms with Crippen molar-refractivity contribution in [2.45, 2.75) is 26.3 Å². The van der Waals surface area contributed by atoms with Gasteiger partial charge in [0.25, 0.3) is 0 Å². The number of piperidine rings is 1. The fraction of sp³-hybridized carbons (Fsp3) is 0.292. The molecule has 162 valence electrons. The first-order valence-electron chi connectivity index (χ1n) is 10.4. The second-order valence-electron chi connectivity index (χ2n) is 7.78. The van der Waals surface area contributed by atoms with E-state index in [1.807, 2.05) is 36.4 Å². The fourth-order valence-corrected chi connectivity index (χ4v) is 3.62. The Morgan fingerprint density at radius 1 is 1.03 bits per heavy atom. The molecule has 3 rings (SSSR count). The van der Waals surface area contributed by atoms with Crippen molar-refractivity contribution in [1.82, 2.24) is 4.90 Å². The third-order valence-corrected chi connectivity index (χ3v) is 5.25. The highest BCUT2D eigenvalue weighted by molar-refractivity contribution is 6.02. The maximum Gasteiger partial charge on any atom is 0.248 e. The molecule has 0 unspecified atom stereocenters. The van der Waals surface area contributed by atoms with Gasteiger partial charge in [-0.25, -0.2) is 0 Å². The number of nitrogens with zero attached hydrogens (tertiary/aromatic N) is 1. The molecule has 1 saturated heterocycles. The van der Waals surface area contributed by atoms with Crippen LogP contribution in [0, 0.1) is 5.92 Å². The second-order valence-corrected chi connectivity index (χ2v) is 7.78. The number of carbonyl (C=O) groups excluding carboxylic acids is 3. The molecule has 0 bridgehead atoms. The number of nitrogens with one attached hydrogen (secondary N) is 2. The number of carbonyl (C=O) groups is 3. The van der Waals surface area contributed by atoms with Crippen molar-refractivity contribution >= 4 is 35.2 Å². The van der Waals surface area contributed by atoms with E-state index in [1.165, 1.54) is 13.0 Å². The van der Waals surface area contributed by atoms with Crippen LogP contribution in [-0.4, -0.2) is 35.7 Å². The molecule has 0 spiro atoms. The summed E-state index contributed by atoms with van der Waals surface area (Å²) in [5.74, 6) is -0.568. The van der Waals surface area contributed by atoms with Gasteiger partial charge >= 0.3 is 0 Å². The van der Waals surface area contributed by atoms with Gasteiger partial charge in [-0.05, 0) is 67.4 Å². The summed E-state index contributed by atoms with van der Waals surface area (Å²) in [7, 11) is 0. The Kier molecular flexibility index (Phi) is 7.56. The smallest absolute Gasteiger partial charge is 0.248 e. The van der Waals surface area contributed by atoms with E-state index >= 15 is 0 Å². The van der Waals surface area contributed by atoms with Gasteiger partial charge in [-0.2, -0.15) is 0 Å². The van der Waals surface area contributed by atoms with E-state index in [-0.39, 0.29) is 23.6 Å². The zero-order valence-corrected chi connectivity index (χ0v) is 17.6. The van der Waals surface area contributed by atoms with Gasteiger partial charge in [-0.3, -0.25) is 19.3 Å². The first kappa shape index (κ1) is 22.2. The Morgan fingerprint density at radius 2 is 1.74 bits per heavy atom.